The van der Waals surface area contributed by atoms with Crippen LogP contribution >= 0.6 is 11.3 Å². The molecule has 0 radical (unpaired) electrons. The minimum absolute atomic E-state index is 0.0357. The Balaban J connectivity index is 1.77. The maximum atomic E-state index is 12.5. The molecular weight excluding hydrogens is 282 g/mol. The van der Waals surface area contributed by atoms with Gasteiger partial charge in [0, 0.05) is 17.6 Å². The highest BCUT2D eigenvalue weighted by atomic mass is 32.1. The number of hydrogen-bond acceptors (Lipinski definition) is 4. The quantitative estimate of drug-likeness (QED) is 0.906. The average molecular weight is 301 g/mol. The van der Waals surface area contributed by atoms with E-state index in [-0.39, 0.29) is 11.8 Å². The van der Waals surface area contributed by atoms with Crippen molar-refractivity contribution < 1.29 is 4.79 Å². The number of para-hydroxylation sites is 1. The van der Waals surface area contributed by atoms with E-state index in [9.17, 15) is 4.79 Å². The van der Waals surface area contributed by atoms with Crippen molar-refractivity contribution in [1.82, 2.24) is 4.98 Å². The second-order valence-corrected chi connectivity index (χ2v) is 6.43. The maximum Gasteiger partial charge on any atom is 0.233 e. The van der Waals surface area contributed by atoms with E-state index in [1.165, 1.54) is 11.3 Å². The number of fused-ring (bicyclic) bond motifs is 1. The number of anilines is 2. The zero-order valence-corrected chi connectivity index (χ0v) is 13.0. The fourth-order valence-corrected chi connectivity index (χ4v) is 3.42. The van der Waals surface area contributed by atoms with Gasteiger partial charge in [-0.15, -0.1) is 11.3 Å². The topological polar surface area (TPSA) is 54.0 Å². The number of thiazole rings is 1. The number of hydrogen-bond donors (Lipinski definition) is 2. The lowest BCUT2D eigenvalue weighted by Crippen LogP contribution is -2.27. The lowest BCUT2D eigenvalue weighted by atomic mass is 9.90. The standard InChI is InChI=1S/C16H19N3OS/c1-10(2)14-9-21-16(18-14)19-15(20)12-7-8-17-13-6-4-3-5-11(12)13/h3-6,9-10,12,17H,7-8H2,1-2H3,(H,18,19,20). The highest BCUT2D eigenvalue weighted by Gasteiger charge is 2.26. The highest BCUT2D eigenvalue weighted by Crippen LogP contribution is 2.32. The predicted molar refractivity (Wildman–Crippen MR) is 87.1 cm³/mol. The van der Waals surface area contributed by atoms with Crippen LogP contribution in [0.5, 0.6) is 0 Å². The van der Waals surface area contributed by atoms with Crippen LogP contribution in [0.1, 0.15) is 43.4 Å². The molecule has 110 valence electrons. The molecule has 1 unspecified atom stereocenters. The number of amides is 1. The van der Waals surface area contributed by atoms with Crippen LogP contribution in [0.15, 0.2) is 29.6 Å². The summed E-state index contributed by atoms with van der Waals surface area (Å²) >= 11 is 1.49. The van der Waals surface area contributed by atoms with E-state index in [0.717, 1.165) is 29.9 Å². The molecule has 1 aliphatic rings. The van der Waals surface area contributed by atoms with E-state index in [1.54, 1.807) is 0 Å². The van der Waals surface area contributed by atoms with Crippen LogP contribution in [0.25, 0.3) is 0 Å². The summed E-state index contributed by atoms with van der Waals surface area (Å²) in [4.78, 5) is 17.0. The smallest absolute Gasteiger partial charge is 0.233 e. The molecule has 2 aromatic rings. The minimum Gasteiger partial charge on any atom is -0.385 e. The van der Waals surface area contributed by atoms with Crippen LogP contribution in [0.3, 0.4) is 0 Å². The largest absolute Gasteiger partial charge is 0.385 e. The molecular formula is C16H19N3OS. The van der Waals surface area contributed by atoms with E-state index in [4.69, 9.17) is 0 Å². The Kier molecular flexibility index (Phi) is 3.92. The van der Waals surface area contributed by atoms with Gasteiger partial charge in [-0.25, -0.2) is 4.98 Å². The number of nitrogens with zero attached hydrogens (tertiary/aromatic N) is 1. The van der Waals surface area contributed by atoms with Crippen molar-refractivity contribution in [2.45, 2.75) is 32.1 Å². The average Bonchev–Trinajstić information content (AvgIpc) is 2.95. The lowest BCUT2D eigenvalue weighted by Gasteiger charge is -2.25. The number of nitrogens with one attached hydrogen (secondary N) is 2. The summed E-state index contributed by atoms with van der Waals surface area (Å²) in [6.45, 7) is 5.03. The predicted octanol–water partition coefficient (Wildman–Crippen LogP) is 3.80. The van der Waals surface area contributed by atoms with Crippen LogP contribution in [0.2, 0.25) is 0 Å². The normalized spacial score (nSPS) is 17.2. The molecule has 0 bridgehead atoms. The monoisotopic (exact) mass is 301 g/mol. The maximum absolute atomic E-state index is 12.5. The van der Waals surface area contributed by atoms with Gasteiger partial charge < -0.3 is 10.6 Å². The minimum atomic E-state index is -0.103. The van der Waals surface area contributed by atoms with Crippen LogP contribution in [0.4, 0.5) is 10.8 Å². The fourth-order valence-electron chi connectivity index (χ4n) is 2.54. The van der Waals surface area contributed by atoms with Gasteiger partial charge in [-0.3, -0.25) is 4.79 Å². The summed E-state index contributed by atoms with van der Waals surface area (Å²) in [6.07, 6.45) is 0.811. The molecule has 21 heavy (non-hydrogen) atoms. The first-order valence-corrected chi connectivity index (χ1v) is 8.12. The number of rotatable bonds is 3. The van der Waals surface area contributed by atoms with Crippen molar-refractivity contribution >= 4 is 28.1 Å². The molecule has 2 heterocycles. The van der Waals surface area contributed by atoms with Crippen molar-refractivity contribution in [2.75, 3.05) is 17.2 Å². The van der Waals surface area contributed by atoms with Crippen LogP contribution in [0, 0.1) is 0 Å². The van der Waals surface area contributed by atoms with Gasteiger partial charge in [0.05, 0.1) is 11.6 Å². The molecule has 1 aromatic carbocycles. The summed E-state index contributed by atoms with van der Waals surface area (Å²) in [5.74, 6) is 0.314. The van der Waals surface area contributed by atoms with Crippen molar-refractivity contribution in [3.8, 4) is 0 Å². The third-order valence-electron chi connectivity index (χ3n) is 3.74. The Labute approximate surface area is 128 Å². The highest BCUT2D eigenvalue weighted by molar-refractivity contribution is 7.13. The zero-order chi connectivity index (χ0) is 14.8. The lowest BCUT2D eigenvalue weighted by molar-refractivity contribution is -0.117. The molecule has 1 aliphatic heterocycles. The molecule has 0 saturated heterocycles. The number of aromatic nitrogens is 1. The van der Waals surface area contributed by atoms with E-state index in [2.05, 4.69) is 29.5 Å². The Hall–Kier alpha value is -1.88. The Morgan fingerprint density at radius 2 is 2.24 bits per heavy atom. The molecule has 1 aromatic heterocycles. The third-order valence-corrected chi connectivity index (χ3v) is 4.52. The SMILES string of the molecule is CC(C)c1csc(NC(=O)C2CCNc3ccccc32)n1. The van der Waals surface area contributed by atoms with Crippen LogP contribution < -0.4 is 10.6 Å². The van der Waals surface area contributed by atoms with E-state index in [0.29, 0.717) is 11.0 Å². The molecule has 1 amide bonds. The molecule has 0 spiro atoms. The van der Waals surface area contributed by atoms with Crippen molar-refractivity contribution in [3.05, 3.63) is 40.9 Å². The van der Waals surface area contributed by atoms with Crippen LogP contribution in [-0.4, -0.2) is 17.4 Å². The second-order valence-electron chi connectivity index (χ2n) is 5.58. The summed E-state index contributed by atoms with van der Waals surface area (Å²) in [5.41, 5.74) is 3.16. The molecule has 4 nitrogen and oxygen atoms in total. The molecule has 0 fully saturated rings. The van der Waals surface area contributed by atoms with Gasteiger partial charge in [0.25, 0.3) is 0 Å². The summed E-state index contributed by atoms with van der Waals surface area (Å²) in [6, 6.07) is 8.01. The second kappa shape index (κ2) is 5.85. The van der Waals surface area contributed by atoms with Gasteiger partial charge in [0.2, 0.25) is 5.91 Å². The first-order chi connectivity index (χ1) is 10.1. The Morgan fingerprint density at radius 3 is 3.00 bits per heavy atom. The number of carbonyl (C=O) groups is 1. The van der Waals surface area contributed by atoms with Gasteiger partial charge in [-0.1, -0.05) is 32.0 Å². The van der Waals surface area contributed by atoms with Crippen LogP contribution in [-0.2, 0) is 4.79 Å². The molecule has 5 heteroatoms. The Bertz CT molecular complexity index is 650. The third kappa shape index (κ3) is 2.93. The zero-order valence-electron chi connectivity index (χ0n) is 12.2. The van der Waals surface area contributed by atoms with Crippen molar-refractivity contribution in [2.24, 2.45) is 0 Å². The molecule has 2 N–H and O–H groups in total. The van der Waals surface area contributed by atoms with E-state index >= 15 is 0 Å². The number of carbonyl (C=O) groups excluding carboxylic acids is 1. The fraction of sp³-hybridized carbons (Fsp3) is 0.375. The molecule has 1 atom stereocenters. The molecule has 0 saturated carbocycles. The molecule has 3 rings (SSSR count). The van der Waals surface area contributed by atoms with Gasteiger partial charge >= 0.3 is 0 Å². The number of benzene rings is 1. The summed E-state index contributed by atoms with van der Waals surface area (Å²) in [7, 11) is 0. The Morgan fingerprint density at radius 1 is 1.43 bits per heavy atom. The van der Waals surface area contributed by atoms with Gasteiger partial charge in [-0.2, -0.15) is 0 Å². The van der Waals surface area contributed by atoms with E-state index in [1.807, 2.05) is 29.6 Å². The van der Waals surface area contributed by atoms with Crippen molar-refractivity contribution in [3.63, 3.8) is 0 Å². The van der Waals surface area contributed by atoms with Crippen molar-refractivity contribution in [1.29, 1.82) is 0 Å². The van der Waals surface area contributed by atoms with E-state index < -0.39 is 0 Å². The van der Waals surface area contributed by atoms with Gasteiger partial charge in [-0.05, 0) is 24.0 Å². The van der Waals surface area contributed by atoms with Gasteiger partial charge in [0.1, 0.15) is 0 Å². The first kappa shape index (κ1) is 14.1. The molecule has 0 aliphatic carbocycles. The summed E-state index contributed by atoms with van der Waals surface area (Å²) < 4.78 is 0. The first-order valence-electron chi connectivity index (χ1n) is 7.24. The summed E-state index contributed by atoms with van der Waals surface area (Å²) in [5, 5.41) is 9.01. The van der Waals surface area contributed by atoms with Gasteiger partial charge in [0.15, 0.2) is 5.13 Å².